The molecule has 1 N–H and O–H groups in total. The van der Waals surface area contributed by atoms with Gasteiger partial charge in [0.25, 0.3) is 0 Å². The molecule has 114 valence electrons. The van der Waals surface area contributed by atoms with Gasteiger partial charge in [-0.2, -0.15) is 0 Å². The van der Waals surface area contributed by atoms with E-state index in [4.69, 9.17) is 18.9 Å². The van der Waals surface area contributed by atoms with Gasteiger partial charge >= 0.3 is 0 Å². The number of para-hydroxylation sites is 1. The maximum Gasteiger partial charge on any atom is 0.187 e. The third-order valence-electron chi connectivity index (χ3n) is 2.70. The highest BCUT2D eigenvalue weighted by Crippen LogP contribution is 2.29. The molecule has 1 atom stereocenters. The quantitative estimate of drug-likeness (QED) is 0.527. The summed E-state index contributed by atoms with van der Waals surface area (Å²) in [7, 11) is 1.62. The van der Waals surface area contributed by atoms with Gasteiger partial charge in [0.1, 0.15) is 18.5 Å². The number of benzene rings is 1. The topological polar surface area (TPSA) is 57.2 Å². The van der Waals surface area contributed by atoms with Gasteiger partial charge in [-0.1, -0.05) is 18.2 Å². The van der Waals surface area contributed by atoms with Crippen molar-refractivity contribution in [1.29, 1.82) is 0 Å². The number of rotatable bonds is 10. The summed E-state index contributed by atoms with van der Waals surface area (Å²) in [6.07, 6.45) is -1.59. The molecule has 0 saturated carbocycles. The van der Waals surface area contributed by atoms with E-state index in [0.29, 0.717) is 37.7 Å². The largest absolute Gasteiger partial charge is 0.491 e. The van der Waals surface area contributed by atoms with Gasteiger partial charge < -0.3 is 24.1 Å². The van der Waals surface area contributed by atoms with Crippen LogP contribution in [0, 0.1) is 0 Å². The Balaban J connectivity index is 2.81. The zero-order valence-electron chi connectivity index (χ0n) is 12.4. The van der Waals surface area contributed by atoms with E-state index in [1.807, 2.05) is 32.0 Å². The lowest BCUT2D eigenvalue weighted by Gasteiger charge is -2.24. The second-order valence-corrected chi connectivity index (χ2v) is 4.10. The van der Waals surface area contributed by atoms with E-state index in [2.05, 4.69) is 0 Å². The van der Waals surface area contributed by atoms with Gasteiger partial charge in [0.05, 0.1) is 6.61 Å². The Morgan fingerprint density at radius 3 is 2.30 bits per heavy atom. The molecule has 0 aromatic heterocycles. The standard InChI is InChI=1S/C15H24O5/c1-4-18-15(19-5-2)14(16)12-8-6-7-9-13(12)20-11-10-17-3/h6-9,14-16H,4-5,10-11H2,1-3H3. The van der Waals surface area contributed by atoms with Crippen LogP contribution >= 0.6 is 0 Å². The van der Waals surface area contributed by atoms with Gasteiger partial charge in [-0.3, -0.25) is 0 Å². The number of aliphatic hydroxyl groups is 1. The predicted octanol–water partition coefficient (Wildman–Crippen LogP) is 2.14. The highest BCUT2D eigenvalue weighted by molar-refractivity contribution is 5.35. The fraction of sp³-hybridized carbons (Fsp3) is 0.600. The summed E-state index contributed by atoms with van der Waals surface area (Å²) in [5.41, 5.74) is 0.649. The first-order valence-electron chi connectivity index (χ1n) is 6.86. The van der Waals surface area contributed by atoms with Crippen molar-refractivity contribution in [2.24, 2.45) is 0 Å². The van der Waals surface area contributed by atoms with Gasteiger partial charge in [0.2, 0.25) is 0 Å². The molecule has 0 heterocycles. The lowest BCUT2D eigenvalue weighted by Crippen LogP contribution is -2.26. The fourth-order valence-electron chi connectivity index (χ4n) is 1.80. The maximum atomic E-state index is 10.4. The van der Waals surface area contributed by atoms with Crippen LogP contribution in [0.15, 0.2) is 24.3 Å². The zero-order valence-corrected chi connectivity index (χ0v) is 12.4. The minimum atomic E-state index is -0.895. The van der Waals surface area contributed by atoms with Crippen molar-refractivity contribution >= 4 is 0 Å². The number of aliphatic hydroxyl groups excluding tert-OH is 1. The van der Waals surface area contributed by atoms with Crippen LogP contribution in [0.1, 0.15) is 25.5 Å². The molecule has 0 aliphatic rings. The highest BCUT2D eigenvalue weighted by atomic mass is 16.7. The maximum absolute atomic E-state index is 10.4. The summed E-state index contributed by atoms with van der Waals surface area (Å²) < 4.78 is 21.4. The third kappa shape index (κ3) is 5.09. The lowest BCUT2D eigenvalue weighted by molar-refractivity contribution is -0.192. The fourth-order valence-corrected chi connectivity index (χ4v) is 1.80. The molecule has 0 amide bonds. The molecule has 0 aliphatic carbocycles. The van der Waals surface area contributed by atoms with E-state index in [1.165, 1.54) is 0 Å². The van der Waals surface area contributed by atoms with Crippen LogP contribution in [0.4, 0.5) is 0 Å². The predicted molar refractivity (Wildman–Crippen MR) is 75.8 cm³/mol. The number of ether oxygens (including phenoxy) is 4. The van der Waals surface area contributed by atoms with E-state index >= 15 is 0 Å². The SMILES string of the molecule is CCOC(OCC)C(O)c1ccccc1OCCOC. The molecule has 0 fully saturated rings. The minimum absolute atomic E-state index is 0.425. The Bertz CT molecular complexity index is 363. The van der Waals surface area contributed by atoms with Crippen LogP contribution in [0.2, 0.25) is 0 Å². The van der Waals surface area contributed by atoms with Crippen LogP contribution in [-0.2, 0) is 14.2 Å². The molecule has 0 saturated heterocycles. The van der Waals surface area contributed by atoms with E-state index < -0.39 is 12.4 Å². The molecule has 1 aromatic carbocycles. The minimum Gasteiger partial charge on any atom is -0.491 e. The van der Waals surface area contributed by atoms with E-state index in [9.17, 15) is 5.11 Å². The van der Waals surface area contributed by atoms with Crippen molar-refractivity contribution < 1.29 is 24.1 Å². The molecule has 0 bridgehead atoms. The lowest BCUT2D eigenvalue weighted by atomic mass is 10.1. The zero-order chi connectivity index (χ0) is 14.8. The van der Waals surface area contributed by atoms with Gasteiger partial charge in [-0.05, 0) is 19.9 Å². The van der Waals surface area contributed by atoms with Crippen LogP contribution < -0.4 is 4.74 Å². The van der Waals surface area contributed by atoms with Gasteiger partial charge in [-0.15, -0.1) is 0 Å². The number of methoxy groups -OCH3 is 1. The van der Waals surface area contributed by atoms with Gasteiger partial charge in [0, 0.05) is 25.9 Å². The van der Waals surface area contributed by atoms with Crippen LogP contribution in [0.5, 0.6) is 5.75 Å². The smallest absolute Gasteiger partial charge is 0.187 e. The molecule has 1 aromatic rings. The van der Waals surface area contributed by atoms with Crippen LogP contribution in [0.3, 0.4) is 0 Å². The molecule has 1 unspecified atom stereocenters. The summed E-state index contributed by atoms with van der Waals surface area (Å²) in [4.78, 5) is 0. The Kier molecular flexibility index (Phi) is 8.22. The average Bonchev–Trinajstić information content (AvgIpc) is 2.47. The summed E-state index contributed by atoms with van der Waals surface area (Å²) in [6.45, 7) is 5.57. The second kappa shape index (κ2) is 9.72. The summed E-state index contributed by atoms with van der Waals surface area (Å²) in [5.74, 6) is 0.612. The van der Waals surface area contributed by atoms with E-state index in [-0.39, 0.29) is 0 Å². The van der Waals surface area contributed by atoms with Crippen molar-refractivity contribution in [2.75, 3.05) is 33.5 Å². The van der Waals surface area contributed by atoms with Crippen LogP contribution in [0.25, 0.3) is 0 Å². The molecule has 1 rings (SSSR count). The molecular formula is C15H24O5. The first-order chi connectivity index (χ1) is 9.74. The number of hydrogen-bond donors (Lipinski definition) is 1. The Hall–Kier alpha value is -1.14. The Labute approximate surface area is 120 Å². The first kappa shape index (κ1) is 16.9. The molecule has 20 heavy (non-hydrogen) atoms. The molecule has 0 spiro atoms. The van der Waals surface area contributed by atoms with Crippen LogP contribution in [-0.4, -0.2) is 44.9 Å². The second-order valence-electron chi connectivity index (χ2n) is 4.10. The number of hydrogen-bond acceptors (Lipinski definition) is 5. The van der Waals surface area contributed by atoms with Gasteiger partial charge in [-0.25, -0.2) is 0 Å². The normalized spacial score (nSPS) is 12.7. The Morgan fingerprint density at radius 1 is 1.05 bits per heavy atom. The Morgan fingerprint density at radius 2 is 1.70 bits per heavy atom. The third-order valence-corrected chi connectivity index (χ3v) is 2.70. The molecule has 0 aliphatic heterocycles. The molecule has 0 radical (unpaired) electrons. The van der Waals surface area contributed by atoms with Crippen molar-refractivity contribution in [1.82, 2.24) is 0 Å². The average molecular weight is 284 g/mol. The van der Waals surface area contributed by atoms with Crippen molar-refractivity contribution in [3.8, 4) is 5.75 Å². The molecular weight excluding hydrogens is 260 g/mol. The van der Waals surface area contributed by atoms with Gasteiger partial charge in [0.15, 0.2) is 6.29 Å². The highest BCUT2D eigenvalue weighted by Gasteiger charge is 2.24. The van der Waals surface area contributed by atoms with Crippen molar-refractivity contribution in [3.63, 3.8) is 0 Å². The monoisotopic (exact) mass is 284 g/mol. The first-order valence-corrected chi connectivity index (χ1v) is 6.86. The molecule has 5 nitrogen and oxygen atoms in total. The summed E-state index contributed by atoms with van der Waals surface area (Å²) >= 11 is 0. The van der Waals surface area contributed by atoms with E-state index in [0.717, 1.165) is 0 Å². The van der Waals surface area contributed by atoms with Crippen molar-refractivity contribution in [2.45, 2.75) is 26.2 Å². The summed E-state index contributed by atoms with van der Waals surface area (Å²) in [6, 6.07) is 7.31. The summed E-state index contributed by atoms with van der Waals surface area (Å²) in [5, 5.41) is 10.4. The van der Waals surface area contributed by atoms with Crippen molar-refractivity contribution in [3.05, 3.63) is 29.8 Å². The van der Waals surface area contributed by atoms with E-state index in [1.54, 1.807) is 13.2 Å². The molecule has 5 heteroatoms.